The van der Waals surface area contributed by atoms with Gasteiger partial charge < -0.3 is 20.4 Å². The van der Waals surface area contributed by atoms with Gasteiger partial charge in [-0.2, -0.15) is 0 Å². The predicted molar refractivity (Wildman–Crippen MR) is 181 cm³/mol. The van der Waals surface area contributed by atoms with Crippen LogP contribution in [0.3, 0.4) is 0 Å². The smallest absolute Gasteiger partial charge is 0.0705 e. The second-order valence-corrected chi connectivity index (χ2v) is 11.3. The van der Waals surface area contributed by atoms with Crippen LogP contribution in [0.25, 0.3) is 22.3 Å². The summed E-state index contributed by atoms with van der Waals surface area (Å²) in [7, 11) is 0. The van der Waals surface area contributed by atoms with Crippen molar-refractivity contribution in [3.05, 3.63) is 109 Å². The zero-order chi connectivity index (χ0) is 28.5. The number of nitrogens with one attached hydrogen (secondary N) is 2. The number of para-hydroxylation sites is 6. The Labute approximate surface area is 249 Å². The molecule has 0 aromatic heterocycles. The topological polar surface area (TPSA) is 30.5 Å². The van der Waals surface area contributed by atoms with Gasteiger partial charge in [-0.15, -0.1) is 0 Å². The molecule has 0 radical (unpaired) electrons. The molecule has 5 aromatic carbocycles. The number of benzene rings is 5. The van der Waals surface area contributed by atoms with Gasteiger partial charge in [-0.3, -0.25) is 0 Å². The molecule has 0 unspecified atom stereocenters. The summed E-state index contributed by atoms with van der Waals surface area (Å²) in [4.78, 5) is 4.96. The Balaban J connectivity index is 1.25. The molecule has 210 valence electrons. The minimum absolute atomic E-state index is 1.01. The van der Waals surface area contributed by atoms with Gasteiger partial charge in [-0.25, -0.2) is 0 Å². The highest BCUT2D eigenvalue weighted by Crippen LogP contribution is 2.50. The van der Waals surface area contributed by atoms with E-state index in [1.165, 1.54) is 80.6 Å². The van der Waals surface area contributed by atoms with Crippen LogP contribution in [0.5, 0.6) is 0 Å². The van der Waals surface area contributed by atoms with Gasteiger partial charge in [0.05, 0.1) is 45.5 Å². The van der Waals surface area contributed by atoms with E-state index in [2.05, 4.69) is 143 Å². The molecule has 7 rings (SSSR count). The van der Waals surface area contributed by atoms with Gasteiger partial charge in [0.15, 0.2) is 0 Å². The van der Waals surface area contributed by atoms with Crippen molar-refractivity contribution in [3.63, 3.8) is 0 Å². The van der Waals surface area contributed by atoms with Crippen LogP contribution >= 0.6 is 0 Å². The summed E-state index contributed by atoms with van der Waals surface area (Å²) >= 11 is 0. The fourth-order valence-corrected chi connectivity index (χ4v) is 6.38. The highest BCUT2D eigenvalue weighted by Gasteiger charge is 2.26. The summed E-state index contributed by atoms with van der Waals surface area (Å²) in [6.07, 6.45) is 4.65. The quantitative estimate of drug-likeness (QED) is 0.201. The third kappa shape index (κ3) is 4.57. The Morgan fingerprint density at radius 3 is 1.29 bits per heavy atom. The zero-order valence-electron chi connectivity index (χ0n) is 24.5. The van der Waals surface area contributed by atoms with Crippen molar-refractivity contribution in [2.45, 2.75) is 39.5 Å². The molecule has 0 spiro atoms. The van der Waals surface area contributed by atoms with Crippen molar-refractivity contribution in [1.82, 2.24) is 0 Å². The minimum atomic E-state index is 1.01. The monoisotopic (exact) mass is 550 g/mol. The molecule has 2 aliphatic rings. The van der Waals surface area contributed by atoms with Crippen LogP contribution in [-0.4, -0.2) is 13.1 Å². The Bertz CT molecular complexity index is 1590. The van der Waals surface area contributed by atoms with Crippen molar-refractivity contribution in [3.8, 4) is 22.3 Å². The summed E-state index contributed by atoms with van der Waals surface area (Å²) < 4.78 is 0. The number of rotatable bonds is 8. The van der Waals surface area contributed by atoms with Crippen LogP contribution < -0.4 is 20.4 Å². The van der Waals surface area contributed by atoms with Crippen molar-refractivity contribution >= 4 is 45.5 Å². The highest BCUT2D eigenvalue weighted by atomic mass is 15.2. The maximum Gasteiger partial charge on any atom is 0.0705 e. The van der Waals surface area contributed by atoms with Gasteiger partial charge in [0, 0.05) is 24.2 Å². The molecule has 0 atom stereocenters. The molecule has 0 fully saturated rings. The van der Waals surface area contributed by atoms with E-state index >= 15 is 0 Å². The Morgan fingerprint density at radius 1 is 0.452 bits per heavy atom. The molecule has 0 bridgehead atoms. The first-order valence-corrected chi connectivity index (χ1v) is 15.4. The van der Waals surface area contributed by atoms with Crippen LogP contribution in [0, 0.1) is 0 Å². The van der Waals surface area contributed by atoms with Crippen molar-refractivity contribution in [1.29, 1.82) is 0 Å². The lowest BCUT2D eigenvalue weighted by Crippen LogP contribution is -2.24. The lowest BCUT2D eigenvalue weighted by molar-refractivity contribution is 0.785. The third-order valence-electron chi connectivity index (χ3n) is 8.55. The first-order valence-electron chi connectivity index (χ1n) is 15.4. The van der Waals surface area contributed by atoms with E-state index in [1.54, 1.807) is 0 Å². The van der Waals surface area contributed by atoms with E-state index < -0.39 is 0 Å². The fourth-order valence-electron chi connectivity index (χ4n) is 6.38. The number of nitrogens with zero attached hydrogens (tertiary/aromatic N) is 2. The molecule has 0 amide bonds. The zero-order valence-corrected chi connectivity index (χ0v) is 24.5. The second kappa shape index (κ2) is 11.3. The molecule has 42 heavy (non-hydrogen) atoms. The number of fused-ring (bicyclic) bond motifs is 4. The summed E-state index contributed by atoms with van der Waals surface area (Å²) in [6.45, 7) is 6.53. The highest BCUT2D eigenvalue weighted by molar-refractivity contribution is 6.01. The summed E-state index contributed by atoms with van der Waals surface area (Å²) in [6, 6.07) is 39.7. The molecule has 2 heterocycles. The Hall–Kier alpha value is -4.70. The standard InChI is InChI=1S/C38H38N4/c1-3-5-25-41-33-17-9-7-15-31(33)39-37-29(13-11-19-35(37)41)27-21-23-28(24-22-27)30-14-12-20-36-38(30)40-32-16-8-10-18-34(32)42(36)26-6-4-2/h7-24,39-40H,3-6,25-26H2,1-2H3. The lowest BCUT2D eigenvalue weighted by atomic mass is 9.95. The number of unbranched alkanes of at least 4 members (excludes halogenated alkanes) is 2. The molecule has 4 nitrogen and oxygen atoms in total. The molecule has 0 aliphatic carbocycles. The molecule has 2 aliphatic heterocycles. The lowest BCUT2D eigenvalue weighted by Gasteiger charge is -2.35. The van der Waals surface area contributed by atoms with Gasteiger partial charge in [-0.1, -0.05) is 99.5 Å². The minimum Gasteiger partial charge on any atom is -0.352 e. The van der Waals surface area contributed by atoms with Crippen molar-refractivity contribution in [2.24, 2.45) is 0 Å². The van der Waals surface area contributed by atoms with Gasteiger partial charge in [-0.05, 0) is 60.4 Å². The van der Waals surface area contributed by atoms with E-state index in [4.69, 9.17) is 0 Å². The predicted octanol–water partition coefficient (Wildman–Crippen LogP) is 11.0. The summed E-state index contributed by atoms with van der Waals surface area (Å²) in [5.41, 5.74) is 14.6. The summed E-state index contributed by atoms with van der Waals surface area (Å²) in [5.74, 6) is 0. The fraction of sp³-hybridized carbons (Fsp3) is 0.211. The largest absolute Gasteiger partial charge is 0.352 e. The first kappa shape index (κ1) is 26.2. The van der Waals surface area contributed by atoms with Gasteiger partial charge >= 0.3 is 0 Å². The molecular formula is C38H38N4. The Kier molecular flexibility index (Phi) is 7.05. The summed E-state index contributed by atoms with van der Waals surface area (Å²) in [5, 5.41) is 7.55. The van der Waals surface area contributed by atoms with Gasteiger partial charge in [0.2, 0.25) is 0 Å². The molecule has 0 saturated heterocycles. The van der Waals surface area contributed by atoms with E-state index in [9.17, 15) is 0 Å². The van der Waals surface area contributed by atoms with E-state index in [0.717, 1.165) is 25.9 Å². The van der Waals surface area contributed by atoms with Gasteiger partial charge in [0.25, 0.3) is 0 Å². The van der Waals surface area contributed by atoms with E-state index in [1.807, 2.05) is 0 Å². The molecule has 5 aromatic rings. The molecule has 0 saturated carbocycles. The van der Waals surface area contributed by atoms with Crippen LogP contribution in [0.2, 0.25) is 0 Å². The van der Waals surface area contributed by atoms with Crippen LogP contribution in [0.4, 0.5) is 45.5 Å². The molecule has 4 heteroatoms. The van der Waals surface area contributed by atoms with Crippen LogP contribution in [0.15, 0.2) is 109 Å². The number of anilines is 8. The SMILES string of the molecule is CCCCN1c2ccccc2Nc2c(-c3ccc(-c4cccc5c4Nc4ccccc4N5CCCC)cc3)cccc21. The average Bonchev–Trinajstić information content (AvgIpc) is 3.04. The second-order valence-electron chi connectivity index (χ2n) is 11.3. The third-order valence-corrected chi connectivity index (χ3v) is 8.55. The van der Waals surface area contributed by atoms with E-state index in [0.29, 0.717) is 0 Å². The number of hydrogen-bond acceptors (Lipinski definition) is 4. The van der Waals surface area contributed by atoms with Crippen molar-refractivity contribution in [2.75, 3.05) is 33.5 Å². The van der Waals surface area contributed by atoms with Crippen LogP contribution in [-0.2, 0) is 0 Å². The van der Waals surface area contributed by atoms with Crippen molar-refractivity contribution < 1.29 is 0 Å². The molecule has 2 N–H and O–H groups in total. The number of hydrogen-bond donors (Lipinski definition) is 2. The van der Waals surface area contributed by atoms with E-state index in [-0.39, 0.29) is 0 Å². The van der Waals surface area contributed by atoms with Crippen LogP contribution in [0.1, 0.15) is 39.5 Å². The maximum absolute atomic E-state index is 3.77. The maximum atomic E-state index is 3.77. The van der Waals surface area contributed by atoms with Gasteiger partial charge in [0.1, 0.15) is 0 Å². The normalized spacial score (nSPS) is 12.9. The first-order chi connectivity index (χ1) is 20.8. The Morgan fingerprint density at radius 2 is 0.857 bits per heavy atom. The molecular weight excluding hydrogens is 512 g/mol. The average molecular weight is 551 g/mol.